The predicted octanol–water partition coefficient (Wildman–Crippen LogP) is 2.65. The van der Waals surface area contributed by atoms with E-state index in [0.717, 1.165) is 5.69 Å². The fraction of sp³-hybridized carbons (Fsp3) is 0.250. The van der Waals surface area contributed by atoms with Crippen LogP contribution < -0.4 is 10.6 Å². The van der Waals surface area contributed by atoms with Gasteiger partial charge in [-0.3, -0.25) is 4.79 Å². The molecule has 5 heteroatoms. The van der Waals surface area contributed by atoms with Crippen LogP contribution in [-0.4, -0.2) is 17.0 Å². The standard InChI is InChI=1S/C16H18N4O/c1-2-19-12-13(18)11-15(19)16(21)20(10-6-9-17)14-7-4-3-5-8-14/h3-5,7-8,11-12H,2,6,10,18H2,1H3. The Labute approximate surface area is 124 Å². The number of amides is 1. The van der Waals surface area contributed by atoms with Gasteiger partial charge in [0.05, 0.1) is 18.2 Å². The number of rotatable bonds is 5. The van der Waals surface area contributed by atoms with E-state index in [4.69, 9.17) is 11.0 Å². The average Bonchev–Trinajstić information content (AvgIpc) is 2.89. The number of para-hydroxylation sites is 1. The van der Waals surface area contributed by atoms with E-state index in [-0.39, 0.29) is 12.3 Å². The molecule has 2 rings (SSSR count). The van der Waals surface area contributed by atoms with Crippen molar-refractivity contribution in [1.82, 2.24) is 4.57 Å². The number of carbonyl (C=O) groups excluding carboxylic acids is 1. The van der Waals surface area contributed by atoms with Crippen LogP contribution in [0.2, 0.25) is 0 Å². The molecule has 108 valence electrons. The van der Waals surface area contributed by atoms with E-state index in [9.17, 15) is 4.79 Å². The molecular weight excluding hydrogens is 264 g/mol. The molecule has 5 nitrogen and oxygen atoms in total. The number of carbonyl (C=O) groups is 1. The Bertz CT molecular complexity index is 655. The minimum absolute atomic E-state index is 0.144. The highest BCUT2D eigenvalue weighted by atomic mass is 16.2. The molecule has 0 saturated carbocycles. The molecule has 1 aromatic carbocycles. The maximum absolute atomic E-state index is 12.8. The zero-order valence-corrected chi connectivity index (χ0v) is 12.0. The van der Waals surface area contributed by atoms with Gasteiger partial charge in [-0.25, -0.2) is 0 Å². The van der Waals surface area contributed by atoms with Gasteiger partial charge in [0.15, 0.2) is 0 Å². The van der Waals surface area contributed by atoms with E-state index >= 15 is 0 Å². The van der Waals surface area contributed by atoms with Gasteiger partial charge in [-0.05, 0) is 25.1 Å². The fourth-order valence-corrected chi connectivity index (χ4v) is 2.23. The van der Waals surface area contributed by atoms with Crippen molar-refractivity contribution in [2.24, 2.45) is 0 Å². The van der Waals surface area contributed by atoms with Crippen molar-refractivity contribution in [2.45, 2.75) is 19.9 Å². The Kier molecular flexibility index (Phi) is 4.62. The van der Waals surface area contributed by atoms with E-state index in [0.29, 0.717) is 24.5 Å². The number of hydrogen-bond donors (Lipinski definition) is 1. The second kappa shape index (κ2) is 6.62. The molecule has 1 heterocycles. The lowest BCUT2D eigenvalue weighted by Gasteiger charge is -2.22. The number of anilines is 2. The van der Waals surface area contributed by atoms with Crippen molar-refractivity contribution in [3.63, 3.8) is 0 Å². The number of nitrogen functional groups attached to an aromatic ring is 1. The molecule has 0 saturated heterocycles. The first-order chi connectivity index (χ1) is 10.2. The molecule has 0 bridgehead atoms. The van der Waals surface area contributed by atoms with Crippen molar-refractivity contribution in [3.05, 3.63) is 48.3 Å². The molecule has 0 aliphatic carbocycles. The number of nitriles is 1. The first-order valence-corrected chi connectivity index (χ1v) is 6.87. The van der Waals surface area contributed by atoms with Gasteiger partial charge in [0.2, 0.25) is 0 Å². The highest BCUT2D eigenvalue weighted by Gasteiger charge is 2.20. The number of hydrogen-bond acceptors (Lipinski definition) is 3. The van der Waals surface area contributed by atoms with Crippen LogP contribution in [0, 0.1) is 11.3 Å². The maximum atomic E-state index is 12.8. The van der Waals surface area contributed by atoms with Gasteiger partial charge in [-0.2, -0.15) is 5.26 Å². The minimum Gasteiger partial charge on any atom is -0.397 e. The number of benzene rings is 1. The van der Waals surface area contributed by atoms with Crippen LogP contribution in [-0.2, 0) is 6.54 Å². The van der Waals surface area contributed by atoms with E-state index in [1.54, 1.807) is 17.2 Å². The molecule has 0 aliphatic rings. The highest BCUT2D eigenvalue weighted by molar-refractivity contribution is 6.05. The zero-order chi connectivity index (χ0) is 15.2. The monoisotopic (exact) mass is 282 g/mol. The van der Waals surface area contributed by atoms with E-state index in [2.05, 4.69) is 6.07 Å². The quantitative estimate of drug-likeness (QED) is 0.916. The van der Waals surface area contributed by atoms with Crippen LogP contribution in [0.4, 0.5) is 11.4 Å². The van der Waals surface area contributed by atoms with Crippen molar-refractivity contribution in [3.8, 4) is 6.07 Å². The first-order valence-electron chi connectivity index (χ1n) is 6.87. The maximum Gasteiger partial charge on any atom is 0.274 e. The lowest BCUT2D eigenvalue weighted by molar-refractivity contribution is 0.0978. The average molecular weight is 282 g/mol. The number of nitrogens with two attached hydrogens (primary N) is 1. The lowest BCUT2D eigenvalue weighted by Crippen LogP contribution is -2.33. The topological polar surface area (TPSA) is 75.0 Å². The predicted molar refractivity (Wildman–Crippen MR) is 82.9 cm³/mol. The van der Waals surface area contributed by atoms with Gasteiger partial charge in [-0.1, -0.05) is 18.2 Å². The van der Waals surface area contributed by atoms with Crippen LogP contribution in [0.1, 0.15) is 23.8 Å². The van der Waals surface area contributed by atoms with E-state index < -0.39 is 0 Å². The molecule has 0 fully saturated rings. The summed E-state index contributed by atoms with van der Waals surface area (Å²) in [4.78, 5) is 14.4. The third-order valence-corrected chi connectivity index (χ3v) is 3.24. The molecule has 1 amide bonds. The smallest absolute Gasteiger partial charge is 0.274 e. The van der Waals surface area contributed by atoms with Crippen molar-refractivity contribution >= 4 is 17.3 Å². The molecule has 21 heavy (non-hydrogen) atoms. The summed E-state index contributed by atoms with van der Waals surface area (Å²) in [6, 6.07) is 13.1. The zero-order valence-electron chi connectivity index (χ0n) is 12.0. The summed E-state index contributed by atoms with van der Waals surface area (Å²) in [5, 5.41) is 8.81. The Morgan fingerprint density at radius 3 is 2.71 bits per heavy atom. The van der Waals surface area contributed by atoms with Crippen molar-refractivity contribution < 1.29 is 4.79 Å². The van der Waals surface area contributed by atoms with Gasteiger partial charge >= 0.3 is 0 Å². The largest absolute Gasteiger partial charge is 0.397 e. The van der Waals surface area contributed by atoms with E-state index in [1.165, 1.54) is 0 Å². The summed E-state index contributed by atoms with van der Waals surface area (Å²) in [5.41, 5.74) is 7.67. The van der Waals surface area contributed by atoms with Crippen molar-refractivity contribution in [1.29, 1.82) is 5.26 Å². The molecular formula is C16H18N4O. The van der Waals surface area contributed by atoms with Gasteiger partial charge in [0.1, 0.15) is 5.69 Å². The first kappa shape index (κ1) is 14.7. The lowest BCUT2D eigenvalue weighted by atomic mass is 10.2. The summed E-state index contributed by atoms with van der Waals surface area (Å²) in [7, 11) is 0. The molecule has 2 aromatic rings. The van der Waals surface area contributed by atoms with Gasteiger partial charge in [-0.15, -0.1) is 0 Å². The fourth-order valence-electron chi connectivity index (χ4n) is 2.23. The number of nitrogens with zero attached hydrogens (tertiary/aromatic N) is 3. The van der Waals surface area contributed by atoms with Crippen LogP contribution in [0.15, 0.2) is 42.6 Å². The van der Waals surface area contributed by atoms with E-state index in [1.807, 2.05) is 41.8 Å². The Morgan fingerprint density at radius 1 is 1.38 bits per heavy atom. The summed E-state index contributed by atoms with van der Waals surface area (Å²) >= 11 is 0. The molecule has 0 aliphatic heterocycles. The van der Waals surface area contributed by atoms with Gasteiger partial charge < -0.3 is 15.2 Å². The molecule has 0 atom stereocenters. The summed E-state index contributed by atoms with van der Waals surface area (Å²) < 4.78 is 1.82. The van der Waals surface area contributed by atoms with Gasteiger partial charge in [0, 0.05) is 25.0 Å². The molecule has 0 unspecified atom stereocenters. The summed E-state index contributed by atoms with van der Waals surface area (Å²) in [6.45, 7) is 2.98. The second-order valence-corrected chi connectivity index (χ2v) is 4.65. The van der Waals surface area contributed by atoms with Crippen LogP contribution in [0.5, 0.6) is 0 Å². The third-order valence-electron chi connectivity index (χ3n) is 3.24. The molecule has 0 spiro atoms. The molecule has 0 radical (unpaired) electrons. The number of aromatic nitrogens is 1. The van der Waals surface area contributed by atoms with Crippen LogP contribution in [0.25, 0.3) is 0 Å². The van der Waals surface area contributed by atoms with Gasteiger partial charge in [0.25, 0.3) is 5.91 Å². The summed E-state index contributed by atoms with van der Waals surface area (Å²) in [5.74, 6) is -0.144. The SMILES string of the molecule is CCn1cc(N)cc1C(=O)N(CCC#N)c1ccccc1. The Morgan fingerprint density at radius 2 is 2.10 bits per heavy atom. The third kappa shape index (κ3) is 3.23. The molecule has 2 N–H and O–H groups in total. The minimum atomic E-state index is -0.144. The second-order valence-electron chi connectivity index (χ2n) is 4.65. The Hall–Kier alpha value is -2.74. The van der Waals surface area contributed by atoms with Crippen molar-refractivity contribution in [2.75, 3.05) is 17.2 Å². The van der Waals surface area contributed by atoms with Crippen LogP contribution in [0.3, 0.4) is 0 Å². The number of aryl methyl sites for hydroxylation is 1. The molecule has 1 aromatic heterocycles. The normalized spacial score (nSPS) is 10.1. The Balaban J connectivity index is 2.36. The summed E-state index contributed by atoms with van der Waals surface area (Å²) in [6.07, 6.45) is 2.03. The highest BCUT2D eigenvalue weighted by Crippen LogP contribution is 2.19. The van der Waals surface area contributed by atoms with Crippen LogP contribution >= 0.6 is 0 Å².